The Morgan fingerprint density at radius 2 is 1.49 bits per heavy atom. The first-order chi connectivity index (χ1) is 19.2. The predicted molar refractivity (Wildman–Crippen MR) is 154 cm³/mol. The summed E-state index contributed by atoms with van der Waals surface area (Å²) in [6.07, 6.45) is 3.85. The molecule has 5 heteroatoms. The summed E-state index contributed by atoms with van der Waals surface area (Å²) in [5.74, 6) is 1.10. The van der Waals surface area contributed by atoms with Crippen molar-refractivity contribution >= 4 is 21.9 Å². The van der Waals surface area contributed by atoms with Crippen molar-refractivity contribution < 1.29 is 9.52 Å². The van der Waals surface area contributed by atoms with Gasteiger partial charge in [0.2, 0.25) is 0 Å². The summed E-state index contributed by atoms with van der Waals surface area (Å²) in [5.41, 5.74) is 9.23. The van der Waals surface area contributed by atoms with Gasteiger partial charge in [0, 0.05) is 33.8 Å². The maximum absolute atomic E-state index is 10.7. The van der Waals surface area contributed by atoms with E-state index in [-0.39, 0.29) is 5.75 Å². The van der Waals surface area contributed by atoms with Crippen LogP contribution in [0.2, 0.25) is 0 Å². The fourth-order valence-electron chi connectivity index (χ4n) is 5.74. The van der Waals surface area contributed by atoms with E-state index in [9.17, 15) is 5.11 Å². The predicted octanol–water partition coefficient (Wildman–Crippen LogP) is 7.97. The molecule has 5 nitrogen and oxygen atoms in total. The molecule has 0 fully saturated rings. The first-order valence-corrected chi connectivity index (χ1v) is 13.1. The van der Waals surface area contributed by atoms with E-state index in [1.807, 2.05) is 60.8 Å². The number of rotatable bonds is 3. The van der Waals surface area contributed by atoms with E-state index in [0.29, 0.717) is 0 Å². The fraction of sp³-hybridized carbons (Fsp3) is 0.0588. The number of imidazole rings is 1. The van der Waals surface area contributed by atoms with E-state index < -0.39 is 0 Å². The molecule has 0 saturated carbocycles. The van der Waals surface area contributed by atoms with Crippen molar-refractivity contribution in [1.82, 2.24) is 14.5 Å². The van der Waals surface area contributed by atoms with Crippen LogP contribution >= 0.6 is 0 Å². The zero-order valence-corrected chi connectivity index (χ0v) is 21.0. The van der Waals surface area contributed by atoms with Gasteiger partial charge < -0.3 is 9.52 Å². The van der Waals surface area contributed by atoms with E-state index in [0.717, 1.165) is 85.6 Å². The average molecular weight is 506 g/mol. The minimum absolute atomic E-state index is 0.272. The molecule has 3 aromatic heterocycles. The molecule has 8 rings (SSSR count). The lowest BCUT2D eigenvalue weighted by atomic mass is 9.88. The lowest BCUT2D eigenvalue weighted by molar-refractivity contribution is 0.476. The maximum atomic E-state index is 10.7. The first-order valence-electron chi connectivity index (χ1n) is 13.1. The number of aromatic nitrogens is 3. The number of nitrogens with zero attached hydrogens (tertiary/aromatic N) is 3. The quantitative estimate of drug-likeness (QED) is 0.264. The molecular formula is C34H23N3O2. The normalized spacial score (nSPS) is 12.5. The largest absolute Gasteiger partial charge is 0.507 e. The van der Waals surface area contributed by atoms with Gasteiger partial charge in [-0.05, 0) is 72.5 Å². The molecule has 0 atom stereocenters. The van der Waals surface area contributed by atoms with E-state index in [1.165, 1.54) is 0 Å². The van der Waals surface area contributed by atoms with Crippen molar-refractivity contribution in [3.05, 3.63) is 120 Å². The Morgan fingerprint density at radius 3 is 2.41 bits per heavy atom. The Balaban J connectivity index is 1.32. The molecule has 0 bridgehead atoms. The van der Waals surface area contributed by atoms with Gasteiger partial charge in [-0.2, -0.15) is 0 Å². The second-order valence-electron chi connectivity index (χ2n) is 9.98. The molecule has 1 aliphatic rings. The van der Waals surface area contributed by atoms with Crippen molar-refractivity contribution in [3.8, 4) is 45.5 Å². The lowest BCUT2D eigenvalue weighted by Gasteiger charge is -2.20. The summed E-state index contributed by atoms with van der Waals surface area (Å²) >= 11 is 0. The van der Waals surface area contributed by atoms with Crippen molar-refractivity contribution in [2.24, 2.45) is 0 Å². The molecule has 4 aromatic carbocycles. The van der Waals surface area contributed by atoms with Crippen LogP contribution in [-0.4, -0.2) is 19.6 Å². The molecular weight excluding hydrogens is 482 g/mol. The van der Waals surface area contributed by atoms with Crippen LogP contribution in [-0.2, 0) is 12.8 Å². The van der Waals surface area contributed by atoms with Crippen LogP contribution in [0.3, 0.4) is 0 Å². The Kier molecular flexibility index (Phi) is 4.73. The standard InChI is InChI=1S/C34H23N3O2/c38-29-11-6-7-21-13-14-22-15-17-27(35-33(22)32(21)29)28-20-37(24-8-2-1-3-9-24)34(36-28)23-16-18-31-26(19-23)25-10-4-5-12-30(25)39-31/h1-12,15-20,38H,13-14H2. The Labute approximate surface area is 224 Å². The average Bonchev–Trinajstić information content (AvgIpc) is 3.59. The summed E-state index contributed by atoms with van der Waals surface area (Å²) in [6.45, 7) is 0. The number of aryl methyl sites for hydroxylation is 2. The number of hydrogen-bond acceptors (Lipinski definition) is 4. The second kappa shape index (κ2) is 8.43. The summed E-state index contributed by atoms with van der Waals surface area (Å²) in [4.78, 5) is 10.2. The van der Waals surface area contributed by atoms with Gasteiger partial charge in [0.05, 0.1) is 11.4 Å². The molecule has 0 saturated heterocycles. The molecule has 0 aliphatic heterocycles. The highest BCUT2D eigenvalue weighted by atomic mass is 16.3. The minimum atomic E-state index is 0.272. The van der Waals surface area contributed by atoms with Gasteiger partial charge >= 0.3 is 0 Å². The number of phenols is 1. The van der Waals surface area contributed by atoms with Crippen LogP contribution in [0.15, 0.2) is 114 Å². The molecule has 3 heterocycles. The zero-order chi connectivity index (χ0) is 25.9. The number of furan rings is 1. The fourth-order valence-corrected chi connectivity index (χ4v) is 5.74. The minimum Gasteiger partial charge on any atom is -0.507 e. The van der Waals surface area contributed by atoms with Gasteiger partial charge in [-0.1, -0.05) is 54.6 Å². The molecule has 0 spiro atoms. The third kappa shape index (κ3) is 3.47. The number of para-hydroxylation sites is 2. The van der Waals surface area contributed by atoms with E-state index in [1.54, 1.807) is 6.07 Å². The molecule has 39 heavy (non-hydrogen) atoms. The zero-order valence-electron chi connectivity index (χ0n) is 21.0. The van der Waals surface area contributed by atoms with E-state index >= 15 is 0 Å². The van der Waals surface area contributed by atoms with Crippen LogP contribution in [0.4, 0.5) is 0 Å². The highest BCUT2D eigenvalue weighted by Crippen LogP contribution is 2.40. The van der Waals surface area contributed by atoms with E-state index in [2.05, 4.69) is 47.0 Å². The van der Waals surface area contributed by atoms with Gasteiger partial charge in [0.1, 0.15) is 28.4 Å². The van der Waals surface area contributed by atoms with Crippen molar-refractivity contribution in [2.45, 2.75) is 12.8 Å². The number of pyridine rings is 1. The number of benzene rings is 4. The van der Waals surface area contributed by atoms with Crippen molar-refractivity contribution in [3.63, 3.8) is 0 Å². The topological polar surface area (TPSA) is 64.1 Å². The van der Waals surface area contributed by atoms with Crippen LogP contribution < -0.4 is 0 Å². The molecule has 1 N–H and O–H groups in total. The van der Waals surface area contributed by atoms with Crippen molar-refractivity contribution in [2.75, 3.05) is 0 Å². The molecule has 7 aromatic rings. The third-order valence-corrected chi connectivity index (χ3v) is 7.65. The van der Waals surface area contributed by atoms with Crippen LogP contribution in [0.5, 0.6) is 5.75 Å². The van der Waals surface area contributed by atoms with E-state index in [4.69, 9.17) is 14.4 Å². The highest BCUT2D eigenvalue weighted by Gasteiger charge is 2.22. The number of hydrogen-bond donors (Lipinski definition) is 1. The monoisotopic (exact) mass is 505 g/mol. The SMILES string of the molecule is Oc1cccc2c1-c1nc(-c3cn(-c4ccccc4)c(-c4ccc5oc6ccccc6c5c4)n3)ccc1CC2. The second-order valence-corrected chi connectivity index (χ2v) is 9.98. The van der Waals surface area contributed by atoms with Crippen LogP contribution in [0.1, 0.15) is 11.1 Å². The molecule has 1 aliphatic carbocycles. The number of fused-ring (bicyclic) bond motifs is 6. The highest BCUT2D eigenvalue weighted by molar-refractivity contribution is 6.06. The Morgan fingerprint density at radius 1 is 0.667 bits per heavy atom. The summed E-state index contributed by atoms with van der Waals surface area (Å²) in [5, 5.41) is 12.8. The van der Waals surface area contributed by atoms with Gasteiger partial charge in [0.15, 0.2) is 0 Å². The maximum Gasteiger partial charge on any atom is 0.145 e. The molecule has 0 radical (unpaired) electrons. The molecule has 0 unspecified atom stereocenters. The molecule has 0 amide bonds. The lowest BCUT2D eigenvalue weighted by Crippen LogP contribution is -2.06. The first kappa shape index (κ1) is 21.9. The van der Waals surface area contributed by atoms with Gasteiger partial charge in [-0.25, -0.2) is 9.97 Å². The van der Waals surface area contributed by atoms with Gasteiger partial charge in [-0.15, -0.1) is 0 Å². The van der Waals surface area contributed by atoms with Gasteiger partial charge in [0.25, 0.3) is 0 Å². The summed E-state index contributed by atoms with van der Waals surface area (Å²) in [7, 11) is 0. The Hall–Kier alpha value is -5.16. The summed E-state index contributed by atoms with van der Waals surface area (Å²) in [6, 6.07) is 34.4. The third-order valence-electron chi connectivity index (χ3n) is 7.65. The van der Waals surface area contributed by atoms with Gasteiger partial charge in [-0.3, -0.25) is 4.57 Å². The Bertz CT molecular complexity index is 2040. The smallest absolute Gasteiger partial charge is 0.145 e. The van der Waals surface area contributed by atoms with Crippen molar-refractivity contribution in [1.29, 1.82) is 0 Å². The van der Waals surface area contributed by atoms with Crippen LogP contribution in [0, 0.1) is 0 Å². The number of aromatic hydroxyl groups is 1. The molecule has 186 valence electrons. The van der Waals surface area contributed by atoms with Crippen LogP contribution in [0.25, 0.3) is 61.7 Å². The number of phenolic OH excluding ortho intramolecular Hbond substituents is 1. The summed E-state index contributed by atoms with van der Waals surface area (Å²) < 4.78 is 8.18.